The van der Waals surface area contributed by atoms with Gasteiger partial charge in [-0.2, -0.15) is 0 Å². The molecule has 0 amide bonds. The highest BCUT2D eigenvalue weighted by atomic mass is 16.5. The Morgan fingerprint density at radius 2 is 1.71 bits per heavy atom. The second-order valence-corrected chi connectivity index (χ2v) is 4.21. The molecule has 0 aromatic heterocycles. The summed E-state index contributed by atoms with van der Waals surface area (Å²) in [5, 5.41) is 28.3. The van der Waals surface area contributed by atoms with Gasteiger partial charge in [-0.3, -0.25) is 0 Å². The van der Waals surface area contributed by atoms with Crippen LogP contribution in [0.4, 0.5) is 0 Å². The van der Waals surface area contributed by atoms with Crippen molar-refractivity contribution in [1.29, 1.82) is 0 Å². The third-order valence-corrected chi connectivity index (χ3v) is 2.82. The van der Waals surface area contributed by atoms with Crippen LogP contribution in [0.1, 0.15) is 29.2 Å². The van der Waals surface area contributed by atoms with Crippen molar-refractivity contribution < 1.29 is 20.1 Å². The molecule has 0 aliphatic rings. The monoisotopic (exact) mass is 240 g/mol. The molecular weight excluding hydrogens is 220 g/mol. The standard InChI is InChI=1S/C13H20O4/c1-8-6-10(7-9(2)13(8)17-3)12(16)11(15)4-5-14/h6-7,11-12,14-16H,4-5H2,1-3H3. The molecule has 0 fully saturated rings. The lowest BCUT2D eigenvalue weighted by Gasteiger charge is -2.19. The largest absolute Gasteiger partial charge is 0.496 e. The summed E-state index contributed by atoms with van der Waals surface area (Å²) in [4.78, 5) is 0. The molecule has 0 saturated heterocycles. The molecule has 1 aromatic carbocycles. The average molecular weight is 240 g/mol. The van der Waals surface area contributed by atoms with Gasteiger partial charge in [-0.15, -0.1) is 0 Å². The molecule has 2 unspecified atom stereocenters. The number of methoxy groups -OCH3 is 1. The summed E-state index contributed by atoms with van der Waals surface area (Å²) in [5.74, 6) is 0.789. The fourth-order valence-corrected chi connectivity index (χ4v) is 1.99. The summed E-state index contributed by atoms with van der Waals surface area (Å²) in [7, 11) is 1.60. The van der Waals surface area contributed by atoms with E-state index < -0.39 is 12.2 Å². The summed E-state index contributed by atoms with van der Waals surface area (Å²) in [6.07, 6.45) is -1.77. The van der Waals surface area contributed by atoms with Gasteiger partial charge >= 0.3 is 0 Å². The zero-order valence-corrected chi connectivity index (χ0v) is 10.5. The van der Waals surface area contributed by atoms with Crippen LogP contribution in [0, 0.1) is 13.8 Å². The topological polar surface area (TPSA) is 69.9 Å². The van der Waals surface area contributed by atoms with E-state index in [2.05, 4.69) is 0 Å². The van der Waals surface area contributed by atoms with E-state index in [4.69, 9.17) is 9.84 Å². The highest BCUT2D eigenvalue weighted by Gasteiger charge is 2.19. The van der Waals surface area contributed by atoms with Crippen molar-refractivity contribution in [1.82, 2.24) is 0 Å². The van der Waals surface area contributed by atoms with Crippen LogP contribution in [0.25, 0.3) is 0 Å². The van der Waals surface area contributed by atoms with Crippen LogP contribution in [-0.4, -0.2) is 35.1 Å². The van der Waals surface area contributed by atoms with Crippen molar-refractivity contribution in [2.75, 3.05) is 13.7 Å². The number of aryl methyl sites for hydroxylation is 2. The average Bonchev–Trinajstić information content (AvgIpc) is 2.27. The molecule has 0 bridgehead atoms. The van der Waals surface area contributed by atoms with E-state index >= 15 is 0 Å². The quantitative estimate of drug-likeness (QED) is 0.720. The Morgan fingerprint density at radius 1 is 1.18 bits per heavy atom. The molecule has 0 heterocycles. The fraction of sp³-hybridized carbons (Fsp3) is 0.538. The first kappa shape index (κ1) is 14.0. The van der Waals surface area contributed by atoms with Gasteiger partial charge in [0.25, 0.3) is 0 Å². The molecule has 3 N–H and O–H groups in total. The van der Waals surface area contributed by atoms with Crippen molar-refractivity contribution >= 4 is 0 Å². The van der Waals surface area contributed by atoms with Gasteiger partial charge in [-0.25, -0.2) is 0 Å². The van der Waals surface area contributed by atoms with Gasteiger partial charge in [-0.05, 0) is 49.1 Å². The van der Waals surface area contributed by atoms with E-state index in [1.165, 1.54) is 0 Å². The number of rotatable bonds is 5. The molecule has 0 radical (unpaired) electrons. The second kappa shape index (κ2) is 6.00. The van der Waals surface area contributed by atoms with Crippen molar-refractivity contribution in [3.05, 3.63) is 28.8 Å². The van der Waals surface area contributed by atoms with Crippen molar-refractivity contribution in [2.24, 2.45) is 0 Å². The molecule has 0 spiro atoms. The summed E-state index contributed by atoms with van der Waals surface area (Å²) in [6.45, 7) is 3.63. The zero-order valence-electron chi connectivity index (χ0n) is 10.5. The van der Waals surface area contributed by atoms with Crippen LogP contribution < -0.4 is 4.74 Å². The molecule has 0 saturated carbocycles. The fourth-order valence-electron chi connectivity index (χ4n) is 1.99. The number of ether oxygens (including phenoxy) is 1. The van der Waals surface area contributed by atoms with Crippen LogP contribution in [0.3, 0.4) is 0 Å². The number of aliphatic hydroxyl groups excluding tert-OH is 3. The van der Waals surface area contributed by atoms with Crippen LogP contribution in [0.2, 0.25) is 0 Å². The third kappa shape index (κ3) is 3.19. The van der Waals surface area contributed by atoms with Gasteiger partial charge in [0.1, 0.15) is 11.9 Å². The van der Waals surface area contributed by atoms with Crippen molar-refractivity contribution in [3.63, 3.8) is 0 Å². The van der Waals surface area contributed by atoms with Gasteiger partial charge in [0.15, 0.2) is 0 Å². The zero-order chi connectivity index (χ0) is 13.0. The highest BCUT2D eigenvalue weighted by molar-refractivity contribution is 5.44. The summed E-state index contributed by atoms with van der Waals surface area (Å²) in [5.41, 5.74) is 2.47. The Hall–Kier alpha value is -1.10. The Bertz CT molecular complexity index is 353. The van der Waals surface area contributed by atoms with E-state index in [0.29, 0.717) is 5.56 Å². The minimum absolute atomic E-state index is 0.146. The highest BCUT2D eigenvalue weighted by Crippen LogP contribution is 2.28. The number of hydrogen-bond donors (Lipinski definition) is 3. The molecule has 4 heteroatoms. The second-order valence-electron chi connectivity index (χ2n) is 4.21. The van der Waals surface area contributed by atoms with Gasteiger partial charge in [-0.1, -0.05) is 0 Å². The lowest BCUT2D eigenvalue weighted by Crippen LogP contribution is -2.19. The molecule has 0 aliphatic carbocycles. The predicted octanol–water partition coefficient (Wildman–Crippen LogP) is 1.09. The lowest BCUT2D eigenvalue weighted by molar-refractivity contribution is 0.00414. The number of hydrogen-bond acceptors (Lipinski definition) is 4. The predicted molar refractivity (Wildman–Crippen MR) is 65.1 cm³/mol. The van der Waals surface area contributed by atoms with E-state index in [-0.39, 0.29) is 13.0 Å². The Morgan fingerprint density at radius 3 is 2.12 bits per heavy atom. The first-order chi connectivity index (χ1) is 8.01. The SMILES string of the molecule is COc1c(C)cc(C(O)C(O)CCO)cc1C. The van der Waals surface area contributed by atoms with Gasteiger partial charge in [0.05, 0.1) is 13.2 Å². The van der Waals surface area contributed by atoms with E-state index in [9.17, 15) is 10.2 Å². The van der Waals surface area contributed by atoms with Crippen LogP contribution >= 0.6 is 0 Å². The number of benzene rings is 1. The Kier molecular flexibility index (Phi) is 4.93. The molecule has 1 aromatic rings. The van der Waals surface area contributed by atoms with E-state index in [1.807, 2.05) is 13.8 Å². The maximum atomic E-state index is 9.93. The molecule has 1 rings (SSSR count). The maximum absolute atomic E-state index is 9.93. The normalized spacial score (nSPS) is 14.5. The van der Waals surface area contributed by atoms with Gasteiger partial charge < -0.3 is 20.1 Å². The molecule has 0 aliphatic heterocycles. The minimum Gasteiger partial charge on any atom is -0.496 e. The first-order valence-electron chi connectivity index (χ1n) is 5.63. The van der Waals surface area contributed by atoms with Crippen molar-refractivity contribution in [2.45, 2.75) is 32.5 Å². The number of aliphatic hydroxyl groups is 3. The lowest BCUT2D eigenvalue weighted by atomic mass is 9.97. The summed E-state index contributed by atoms with van der Waals surface area (Å²) in [6, 6.07) is 3.58. The van der Waals surface area contributed by atoms with E-state index in [1.54, 1.807) is 19.2 Å². The third-order valence-electron chi connectivity index (χ3n) is 2.82. The van der Waals surface area contributed by atoms with Crippen LogP contribution in [-0.2, 0) is 0 Å². The summed E-state index contributed by atoms with van der Waals surface area (Å²) >= 11 is 0. The Balaban J connectivity index is 2.99. The maximum Gasteiger partial charge on any atom is 0.124 e. The van der Waals surface area contributed by atoms with Crippen LogP contribution in [0.15, 0.2) is 12.1 Å². The summed E-state index contributed by atoms with van der Waals surface area (Å²) < 4.78 is 5.23. The van der Waals surface area contributed by atoms with Gasteiger partial charge in [0.2, 0.25) is 0 Å². The molecular formula is C13H20O4. The van der Waals surface area contributed by atoms with Crippen molar-refractivity contribution in [3.8, 4) is 5.75 Å². The molecule has 4 nitrogen and oxygen atoms in total. The Labute approximate surface area is 101 Å². The van der Waals surface area contributed by atoms with Crippen LogP contribution in [0.5, 0.6) is 5.75 Å². The first-order valence-corrected chi connectivity index (χ1v) is 5.63. The molecule has 96 valence electrons. The molecule has 2 atom stereocenters. The molecule has 17 heavy (non-hydrogen) atoms. The smallest absolute Gasteiger partial charge is 0.124 e. The van der Waals surface area contributed by atoms with E-state index in [0.717, 1.165) is 16.9 Å². The van der Waals surface area contributed by atoms with Gasteiger partial charge in [0, 0.05) is 6.61 Å². The minimum atomic E-state index is -0.981.